The van der Waals surface area contributed by atoms with Gasteiger partial charge in [-0.25, -0.2) is 4.98 Å². The van der Waals surface area contributed by atoms with Crippen LogP contribution in [0, 0.1) is 6.92 Å². The molecule has 6 nitrogen and oxygen atoms in total. The molecule has 0 aliphatic heterocycles. The molecule has 1 unspecified atom stereocenters. The molecule has 22 heavy (non-hydrogen) atoms. The molecule has 1 atom stereocenters. The molecule has 2 aromatic heterocycles. The Labute approximate surface area is 129 Å². The number of aromatic nitrogens is 4. The summed E-state index contributed by atoms with van der Waals surface area (Å²) >= 11 is 0. The van der Waals surface area contributed by atoms with Crippen molar-refractivity contribution in [1.29, 1.82) is 0 Å². The maximum absolute atomic E-state index is 5.85. The van der Waals surface area contributed by atoms with E-state index >= 15 is 0 Å². The highest BCUT2D eigenvalue weighted by Gasteiger charge is 2.12. The summed E-state index contributed by atoms with van der Waals surface area (Å²) in [5.41, 5.74) is 2.05. The average Bonchev–Trinajstić information content (AvgIpc) is 3.00. The number of fused-ring (bicyclic) bond motifs is 1. The van der Waals surface area contributed by atoms with E-state index in [-0.39, 0.29) is 6.10 Å². The lowest BCUT2D eigenvalue weighted by molar-refractivity contribution is 0.0718. The van der Waals surface area contributed by atoms with Crippen LogP contribution in [0.5, 0.6) is 0 Å². The van der Waals surface area contributed by atoms with E-state index in [1.54, 1.807) is 4.52 Å². The number of rotatable bonds is 6. The van der Waals surface area contributed by atoms with Crippen molar-refractivity contribution in [3.63, 3.8) is 0 Å². The van der Waals surface area contributed by atoms with Crippen LogP contribution in [0.4, 0.5) is 5.82 Å². The first kappa shape index (κ1) is 14.5. The first-order valence-electron chi connectivity index (χ1n) is 7.35. The summed E-state index contributed by atoms with van der Waals surface area (Å²) in [6.07, 6.45) is 1.49. The van der Waals surface area contributed by atoms with Gasteiger partial charge in [0.1, 0.15) is 12.1 Å². The third-order valence-electron chi connectivity index (χ3n) is 3.39. The van der Waals surface area contributed by atoms with Crippen LogP contribution in [0.2, 0.25) is 0 Å². The molecular weight excluding hydrogens is 278 g/mol. The molecule has 0 fully saturated rings. The van der Waals surface area contributed by atoms with Crippen LogP contribution >= 0.6 is 0 Å². The summed E-state index contributed by atoms with van der Waals surface area (Å²) in [4.78, 5) is 8.47. The molecule has 0 radical (unpaired) electrons. The average molecular weight is 297 g/mol. The maximum atomic E-state index is 5.85. The quantitative estimate of drug-likeness (QED) is 0.757. The van der Waals surface area contributed by atoms with Crippen molar-refractivity contribution in [2.75, 3.05) is 18.5 Å². The zero-order valence-corrected chi connectivity index (χ0v) is 12.7. The number of aryl methyl sites for hydroxylation is 1. The highest BCUT2D eigenvalue weighted by molar-refractivity contribution is 5.45. The molecule has 0 amide bonds. The van der Waals surface area contributed by atoms with Crippen molar-refractivity contribution >= 4 is 11.6 Å². The molecule has 3 rings (SSSR count). The van der Waals surface area contributed by atoms with Gasteiger partial charge in [-0.05, 0) is 19.4 Å². The van der Waals surface area contributed by atoms with Gasteiger partial charge in [-0.1, -0.05) is 30.3 Å². The molecule has 0 aliphatic carbocycles. The number of hydrogen-bond donors (Lipinski definition) is 1. The van der Waals surface area contributed by atoms with Gasteiger partial charge < -0.3 is 10.1 Å². The van der Waals surface area contributed by atoms with Crippen LogP contribution in [0.15, 0.2) is 42.7 Å². The first-order valence-corrected chi connectivity index (χ1v) is 7.35. The van der Waals surface area contributed by atoms with Crippen LogP contribution < -0.4 is 5.32 Å². The molecule has 3 aromatic rings. The Kier molecular flexibility index (Phi) is 4.29. The summed E-state index contributed by atoms with van der Waals surface area (Å²) in [5, 5.41) is 7.59. The van der Waals surface area contributed by atoms with E-state index in [0.29, 0.717) is 18.9 Å². The van der Waals surface area contributed by atoms with Gasteiger partial charge in [0, 0.05) is 24.9 Å². The summed E-state index contributed by atoms with van der Waals surface area (Å²) in [7, 11) is 0. The maximum Gasteiger partial charge on any atom is 0.254 e. The van der Waals surface area contributed by atoms with Gasteiger partial charge >= 0.3 is 0 Å². The molecule has 0 spiro atoms. The lowest BCUT2D eigenvalue weighted by Gasteiger charge is -2.19. The molecule has 0 aliphatic rings. The topological polar surface area (TPSA) is 64.3 Å². The fourth-order valence-electron chi connectivity index (χ4n) is 2.40. The van der Waals surface area contributed by atoms with Crippen molar-refractivity contribution in [2.45, 2.75) is 20.0 Å². The van der Waals surface area contributed by atoms with Crippen molar-refractivity contribution in [3.8, 4) is 0 Å². The highest BCUT2D eigenvalue weighted by atomic mass is 16.5. The summed E-state index contributed by atoms with van der Waals surface area (Å²) < 4.78 is 7.55. The van der Waals surface area contributed by atoms with Gasteiger partial charge in [-0.15, -0.1) is 0 Å². The fourth-order valence-corrected chi connectivity index (χ4v) is 2.40. The molecular formula is C16H19N5O. The monoisotopic (exact) mass is 297 g/mol. The van der Waals surface area contributed by atoms with Crippen LogP contribution in [-0.4, -0.2) is 32.7 Å². The van der Waals surface area contributed by atoms with E-state index in [9.17, 15) is 0 Å². The van der Waals surface area contributed by atoms with Crippen LogP contribution in [0.25, 0.3) is 5.78 Å². The minimum absolute atomic E-state index is 0.0155. The molecule has 114 valence electrons. The Morgan fingerprint density at radius 2 is 2.09 bits per heavy atom. The molecule has 0 saturated carbocycles. The van der Waals surface area contributed by atoms with Gasteiger partial charge in [-0.2, -0.15) is 14.6 Å². The van der Waals surface area contributed by atoms with Crippen LogP contribution in [0.3, 0.4) is 0 Å². The van der Waals surface area contributed by atoms with Crippen LogP contribution in [-0.2, 0) is 4.74 Å². The van der Waals surface area contributed by atoms with Crippen molar-refractivity contribution in [1.82, 2.24) is 19.6 Å². The summed E-state index contributed by atoms with van der Waals surface area (Å²) in [6.45, 7) is 5.25. The minimum Gasteiger partial charge on any atom is -0.372 e. The SMILES string of the molecule is CCOC(CNc1cc(C)nc2ncnn12)c1ccccc1. The normalized spacial score (nSPS) is 12.5. The summed E-state index contributed by atoms with van der Waals surface area (Å²) in [5.74, 6) is 1.45. The van der Waals surface area contributed by atoms with E-state index in [2.05, 4.69) is 32.5 Å². The third-order valence-corrected chi connectivity index (χ3v) is 3.39. The number of anilines is 1. The van der Waals surface area contributed by atoms with Gasteiger partial charge in [0.25, 0.3) is 5.78 Å². The van der Waals surface area contributed by atoms with Crippen molar-refractivity contribution in [3.05, 3.63) is 54.0 Å². The Morgan fingerprint density at radius 1 is 1.27 bits per heavy atom. The van der Waals surface area contributed by atoms with Crippen molar-refractivity contribution < 1.29 is 4.74 Å². The molecule has 0 saturated heterocycles. The highest BCUT2D eigenvalue weighted by Crippen LogP contribution is 2.19. The van der Waals surface area contributed by atoms with Gasteiger partial charge in [0.15, 0.2) is 0 Å². The van der Waals surface area contributed by atoms with E-state index in [4.69, 9.17) is 4.74 Å². The van der Waals surface area contributed by atoms with E-state index in [0.717, 1.165) is 17.1 Å². The smallest absolute Gasteiger partial charge is 0.254 e. The zero-order valence-electron chi connectivity index (χ0n) is 12.7. The second-order valence-electron chi connectivity index (χ2n) is 4.99. The minimum atomic E-state index is -0.0155. The van der Waals surface area contributed by atoms with E-state index in [1.165, 1.54) is 6.33 Å². The zero-order chi connectivity index (χ0) is 15.4. The lowest BCUT2D eigenvalue weighted by atomic mass is 10.1. The molecule has 6 heteroatoms. The Balaban J connectivity index is 1.80. The predicted molar refractivity (Wildman–Crippen MR) is 84.8 cm³/mol. The predicted octanol–water partition coefficient (Wildman–Crippen LogP) is 2.62. The second-order valence-corrected chi connectivity index (χ2v) is 4.99. The fraction of sp³-hybridized carbons (Fsp3) is 0.312. The lowest BCUT2D eigenvalue weighted by Crippen LogP contribution is -2.18. The van der Waals surface area contributed by atoms with E-state index in [1.807, 2.05) is 38.1 Å². The summed E-state index contributed by atoms with van der Waals surface area (Å²) in [6, 6.07) is 12.2. The van der Waals surface area contributed by atoms with Gasteiger partial charge in [0.2, 0.25) is 0 Å². The number of nitrogens with one attached hydrogen (secondary N) is 1. The molecule has 0 bridgehead atoms. The Hall–Kier alpha value is -2.47. The van der Waals surface area contributed by atoms with Crippen LogP contribution in [0.1, 0.15) is 24.3 Å². The molecule has 2 heterocycles. The largest absolute Gasteiger partial charge is 0.372 e. The van der Waals surface area contributed by atoms with Gasteiger partial charge in [-0.3, -0.25) is 0 Å². The number of ether oxygens (including phenoxy) is 1. The Bertz CT molecular complexity index is 741. The first-order chi connectivity index (χ1) is 10.8. The standard InChI is InChI=1S/C16H19N5O/c1-3-22-14(13-7-5-4-6-8-13)10-17-15-9-12(2)20-16-18-11-19-21(15)16/h4-9,11,14,17H,3,10H2,1-2H3. The number of nitrogens with zero attached hydrogens (tertiary/aromatic N) is 4. The third kappa shape index (κ3) is 3.07. The van der Waals surface area contributed by atoms with Gasteiger partial charge in [0.05, 0.1) is 6.10 Å². The van der Waals surface area contributed by atoms with E-state index < -0.39 is 0 Å². The Morgan fingerprint density at radius 3 is 2.86 bits per heavy atom. The second kappa shape index (κ2) is 6.53. The molecule has 1 N–H and O–H groups in total. The number of benzene rings is 1. The van der Waals surface area contributed by atoms with Crippen molar-refractivity contribution in [2.24, 2.45) is 0 Å². The number of hydrogen-bond acceptors (Lipinski definition) is 5. The molecule has 1 aromatic carbocycles.